The topological polar surface area (TPSA) is 84.9 Å². The standard InChI is InChI=1S/C18H25NO5/c1-4-5-6-7-8-17(20)19-14-9-10-16(15(11-14)18(21)22)24-12-23-13(2)3/h9-11H,2,4-8,12H2,1,3H3,(H,19,20)(H,21,22). The molecule has 0 saturated heterocycles. The number of rotatable bonds is 11. The number of anilines is 1. The van der Waals surface area contributed by atoms with Crippen molar-refractivity contribution < 1.29 is 24.2 Å². The Hall–Kier alpha value is -2.50. The zero-order valence-electron chi connectivity index (χ0n) is 14.3. The predicted molar refractivity (Wildman–Crippen MR) is 92.2 cm³/mol. The highest BCUT2D eigenvalue weighted by Gasteiger charge is 2.13. The van der Waals surface area contributed by atoms with Gasteiger partial charge >= 0.3 is 5.97 Å². The molecule has 0 fully saturated rings. The summed E-state index contributed by atoms with van der Waals surface area (Å²) in [7, 11) is 0. The molecule has 0 radical (unpaired) electrons. The lowest BCUT2D eigenvalue weighted by Crippen LogP contribution is -2.12. The maximum Gasteiger partial charge on any atom is 0.339 e. The maximum absolute atomic E-state index is 11.9. The summed E-state index contributed by atoms with van der Waals surface area (Å²) < 4.78 is 10.3. The smallest absolute Gasteiger partial charge is 0.339 e. The molecule has 0 aliphatic rings. The average Bonchev–Trinajstić information content (AvgIpc) is 2.52. The summed E-state index contributed by atoms with van der Waals surface area (Å²) in [6.07, 6.45) is 4.48. The van der Waals surface area contributed by atoms with Crippen LogP contribution in [0.3, 0.4) is 0 Å². The van der Waals surface area contributed by atoms with Crippen molar-refractivity contribution in [3.8, 4) is 5.75 Å². The number of carboxylic acids is 1. The van der Waals surface area contributed by atoms with Gasteiger partial charge < -0.3 is 19.9 Å². The number of ether oxygens (including phenoxy) is 2. The van der Waals surface area contributed by atoms with Crippen LogP contribution < -0.4 is 10.1 Å². The summed E-state index contributed by atoms with van der Waals surface area (Å²) in [6, 6.07) is 4.48. The Labute approximate surface area is 142 Å². The second-order valence-corrected chi connectivity index (χ2v) is 5.48. The van der Waals surface area contributed by atoms with E-state index in [1.165, 1.54) is 12.1 Å². The molecule has 0 aromatic heterocycles. The van der Waals surface area contributed by atoms with E-state index < -0.39 is 5.97 Å². The summed E-state index contributed by atoms with van der Waals surface area (Å²) in [4.78, 5) is 23.2. The van der Waals surface area contributed by atoms with E-state index in [9.17, 15) is 14.7 Å². The normalized spacial score (nSPS) is 10.1. The molecule has 1 amide bonds. The molecule has 1 rings (SSSR count). The van der Waals surface area contributed by atoms with Crippen molar-refractivity contribution in [2.45, 2.75) is 46.0 Å². The van der Waals surface area contributed by atoms with Crippen LogP contribution in [0.4, 0.5) is 5.69 Å². The first kappa shape index (κ1) is 19.5. The minimum atomic E-state index is -1.14. The fourth-order valence-electron chi connectivity index (χ4n) is 2.03. The summed E-state index contributed by atoms with van der Waals surface area (Å²) in [5.41, 5.74) is 0.394. The lowest BCUT2D eigenvalue weighted by Gasteiger charge is -2.12. The summed E-state index contributed by atoms with van der Waals surface area (Å²) in [5.74, 6) is -0.621. The molecule has 0 saturated carbocycles. The zero-order chi connectivity index (χ0) is 17.9. The molecule has 0 unspecified atom stereocenters. The SMILES string of the molecule is C=C(C)OCOc1ccc(NC(=O)CCCCCC)cc1C(=O)O. The van der Waals surface area contributed by atoms with Gasteiger partial charge in [-0.3, -0.25) is 4.79 Å². The highest BCUT2D eigenvalue weighted by molar-refractivity contribution is 5.95. The molecule has 0 aliphatic heterocycles. The number of hydrogen-bond acceptors (Lipinski definition) is 4. The first-order valence-corrected chi connectivity index (χ1v) is 8.02. The first-order valence-electron chi connectivity index (χ1n) is 8.02. The van der Waals surface area contributed by atoms with Crippen molar-refractivity contribution in [3.05, 3.63) is 36.1 Å². The number of aromatic carboxylic acids is 1. The number of carbonyl (C=O) groups is 2. The number of carboxylic acid groups (broad SMARTS) is 1. The van der Waals surface area contributed by atoms with E-state index in [2.05, 4.69) is 18.8 Å². The van der Waals surface area contributed by atoms with Crippen LogP contribution in [0.1, 0.15) is 56.3 Å². The largest absolute Gasteiger partial charge is 0.478 e. The zero-order valence-corrected chi connectivity index (χ0v) is 14.3. The predicted octanol–water partition coefficient (Wildman–Crippen LogP) is 4.18. The lowest BCUT2D eigenvalue weighted by atomic mass is 10.1. The number of unbranched alkanes of at least 4 members (excludes halogenated alkanes) is 3. The maximum atomic E-state index is 11.9. The van der Waals surface area contributed by atoms with Crippen molar-refractivity contribution >= 4 is 17.6 Å². The Morgan fingerprint density at radius 2 is 2.00 bits per heavy atom. The van der Waals surface area contributed by atoms with E-state index in [4.69, 9.17) is 9.47 Å². The number of benzene rings is 1. The van der Waals surface area contributed by atoms with Crippen molar-refractivity contribution in [1.29, 1.82) is 0 Å². The van der Waals surface area contributed by atoms with Crippen LogP contribution in [-0.2, 0) is 9.53 Å². The van der Waals surface area contributed by atoms with Gasteiger partial charge in [0.15, 0.2) is 0 Å². The molecule has 0 atom stereocenters. The van der Waals surface area contributed by atoms with Gasteiger partial charge in [-0.05, 0) is 31.5 Å². The highest BCUT2D eigenvalue weighted by Crippen LogP contribution is 2.23. The van der Waals surface area contributed by atoms with Gasteiger partial charge in [0.05, 0.1) is 5.76 Å². The molecule has 1 aromatic rings. The van der Waals surface area contributed by atoms with E-state index in [-0.39, 0.29) is 24.0 Å². The van der Waals surface area contributed by atoms with Crippen LogP contribution in [0.5, 0.6) is 5.75 Å². The molecular formula is C18H25NO5. The molecule has 0 spiro atoms. The molecule has 0 heterocycles. The van der Waals surface area contributed by atoms with Gasteiger partial charge in [-0.25, -0.2) is 4.79 Å². The van der Waals surface area contributed by atoms with Crippen LogP contribution in [0.2, 0.25) is 0 Å². The molecule has 6 heteroatoms. The van der Waals surface area contributed by atoms with Gasteiger partial charge in [-0.2, -0.15) is 0 Å². The van der Waals surface area contributed by atoms with Crippen LogP contribution in [0, 0.1) is 0 Å². The number of nitrogens with one attached hydrogen (secondary N) is 1. The van der Waals surface area contributed by atoms with Gasteiger partial charge in [0.1, 0.15) is 11.3 Å². The third kappa shape index (κ3) is 7.17. The Balaban J connectivity index is 2.66. The molecule has 1 aromatic carbocycles. The fraction of sp³-hybridized carbons (Fsp3) is 0.444. The summed E-state index contributed by atoms with van der Waals surface area (Å²) >= 11 is 0. The van der Waals surface area contributed by atoms with E-state index in [1.807, 2.05) is 0 Å². The van der Waals surface area contributed by atoms with Gasteiger partial charge in [-0.1, -0.05) is 32.8 Å². The number of allylic oxidation sites excluding steroid dienone is 1. The minimum Gasteiger partial charge on any atom is -0.478 e. The van der Waals surface area contributed by atoms with E-state index >= 15 is 0 Å². The van der Waals surface area contributed by atoms with Crippen LogP contribution >= 0.6 is 0 Å². The van der Waals surface area contributed by atoms with Crippen molar-refractivity contribution in [1.82, 2.24) is 0 Å². The van der Waals surface area contributed by atoms with Gasteiger partial charge in [0.25, 0.3) is 0 Å². The van der Waals surface area contributed by atoms with Crippen molar-refractivity contribution in [3.63, 3.8) is 0 Å². The van der Waals surface area contributed by atoms with Crippen LogP contribution in [0.15, 0.2) is 30.5 Å². The van der Waals surface area contributed by atoms with Gasteiger partial charge in [0.2, 0.25) is 12.7 Å². The molecule has 2 N–H and O–H groups in total. The third-order valence-electron chi connectivity index (χ3n) is 3.27. The quantitative estimate of drug-likeness (QED) is 0.360. The van der Waals surface area contributed by atoms with E-state index in [0.29, 0.717) is 17.9 Å². The van der Waals surface area contributed by atoms with Gasteiger partial charge in [-0.15, -0.1) is 0 Å². The average molecular weight is 335 g/mol. The number of carbonyl (C=O) groups excluding carboxylic acids is 1. The second-order valence-electron chi connectivity index (χ2n) is 5.48. The third-order valence-corrected chi connectivity index (χ3v) is 3.27. The Kier molecular flexibility index (Phi) is 8.39. The Morgan fingerprint density at radius 3 is 2.62 bits per heavy atom. The van der Waals surface area contributed by atoms with Crippen molar-refractivity contribution in [2.75, 3.05) is 12.1 Å². The lowest BCUT2D eigenvalue weighted by molar-refractivity contribution is -0.116. The summed E-state index contributed by atoms with van der Waals surface area (Å²) in [5, 5.41) is 12.0. The molecule has 6 nitrogen and oxygen atoms in total. The second kappa shape index (κ2) is 10.3. The molecular weight excluding hydrogens is 310 g/mol. The van der Waals surface area contributed by atoms with Gasteiger partial charge in [0, 0.05) is 12.1 Å². The monoisotopic (exact) mass is 335 g/mol. The molecule has 132 valence electrons. The minimum absolute atomic E-state index is 0.0379. The van der Waals surface area contributed by atoms with Crippen molar-refractivity contribution in [2.24, 2.45) is 0 Å². The number of amides is 1. The Bertz CT molecular complexity index is 583. The van der Waals surface area contributed by atoms with E-state index in [1.54, 1.807) is 13.0 Å². The van der Waals surface area contributed by atoms with Crippen LogP contribution in [-0.4, -0.2) is 23.8 Å². The molecule has 0 bridgehead atoms. The highest BCUT2D eigenvalue weighted by atomic mass is 16.7. The fourth-order valence-corrected chi connectivity index (χ4v) is 2.03. The first-order chi connectivity index (χ1) is 11.4. The summed E-state index contributed by atoms with van der Waals surface area (Å²) in [6.45, 7) is 7.21. The van der Waals surface area contributed by atoms with Crippen LogP contribution in [0.25, 0.3) is 0 Å². The molecule has 0 aliphatic carbocycles. The molecule has 24 heavy (non-hydrogen) atoms. The Morgan fingerprint density at radius 1 is 1.25 bits per heavy atom. The number of hydrogen-bond donors (Lipinski definition) is 2. The van der Waals surface area contributed by atoms with E-state index in [0.717, 1.165) is 25.7 Å².